The molecule has 1 aromatic heterocycles. The molecule has 0 saturated heterocycles. The summed E-state index contributed by atoms with van der Waals surface area (Å²) < 4.78 is 0. The van der Waals surface area contributed by atoms with Gasteiger partial charge in [0.05, 0.1) is 0 Å². The van der Waals surface area contributed by atoms with E-state index in [9.17, 15) is 4.79 Å². The number of carbonyl (C=O) groups is 1. The predicted molar refractivity (Wildman–Crippen MR) is 86.4 cm³/mol. The lowest BCUT2D eigenvalue weighted by molar-refractivity contribution is 0.0945. The summed E-state index contributed by atoms with van der Waals surface area (Å²) >= 11 is 0. The Hall–Kier alpha value is -2.43. The monoisotopic (exact) mass is 296 g/mol. The van der Waals surface area contributed by atoms with E-state index in [2.05, 4.69) is 46.4 Å². The van der Waals surface area contributed by atoms with E-state index in [0.717, 1.165) is 30.9 Å². The minimum absolute atomic E-state index is 0.139. The maximum atomic E-state index is 11.9. The van der Waals surface area contributed by atoms with Crippen LogP contribution in [0.4, 0.5) is 11.5 Å². The predicted octanol–water partition coefficient (Wildman–Crippen LogP) is 2.84. The maximum absolute atomic E-state index is 11.9. The van der Waals surface area contributed by atoms with Crippen LogP contribution in [-0.4, -0.2) is 28.7 Å². The Morgan fingerprint density at radius 1 is 1.27 bits per heavy atom. The molecule has 0 radical (unpaired) electrons. The van der Waals surface area contributed by atoms with Crippen LogP contribution in [-0.2, 0) is 0 Å². The van der Waals surface area contributed by atoms with Crippen LogP contribution in [0.2, 0.25) is 0 Å². The fraction of sp³-hybridized carbons (Fsp3) is 0.353. The van der Waals surface area contributed by atoms with Crippen molar-refractivity contribution in [2.75, 3.05) is 11.4 Å². The van der Waals surface area contributed by atoms with Gasteiger partial charge in [-0.3, -0.25) is 4.79 Å². The third-order valence-electron chi connectivity index (χ3n) is 3.70. The second-order valence-corrected chi connectivity index (χ2v) is 5.61. The zero-order chi connectivity index (χ0) is 15.5. The second-order valence-electron chi connectivity index (χ2n) is 5.61. The summed E-state index contributed by atoms with van der Waals surface area (Å²) in [6, 6.07) is 12.2. The molecule has 0 bridgehead atoms. The summed E-state index contributed by atoms with van der Waals surface area (Å²) in [6.45, 7) is 4.91. The molecule has 1 aromatic carbocycles. The lowest BCUT2D eigenvalue weighted by Crippen LogP contribution is -2.27. The van der Waals surface area contributed by atoms with Crippen LogP contribution in [0.5, 0.6) is 0 Å². The molecule has 0 aliphatic heterocycles. The van der Waals surface area contributed by atoms with E-state index in [1.165, 1.54) is 5.56 Å². The molecule has 114 valence electrons. The molecule has 1 amide bonds. The number of aryl methyl sites for hydroxylation is 1. The van der Waals surface area contributed by atoms with Crippen LogP contribution in [0.25, 0.3) is 0 Å². The molecule has 1 fully saturated rings. The Balaban J connectivity index is 1.79. The molecule has 1 saturated carbocycles. The molecule has 0 unspecified atom stereocenters. The summed E-state index contributed by atoms with van der Waals surface area (Å²) in [4.78, 5) is 14.0. The van der Waals surface area contributed by atoms with Crippen molar-refractivity contribution in [3.8, 4) is 0 Å². The van der Waals surface area contributed by atoms with Gasteiger partial charge in [-0.25, -0.2) is 0 Å². The van der Waals surface area contributed by atoms with Crippen molar-refractivity contribution in [2.45, 2.75) is 32.7 Å². The lowest BCUT2D eigenvalue weighted by atomic mass is 10.2. The van der Waals surface area contributed by atoms with E-state index in [0.29, 0.717) is 11.7 Å². The van der Waals surface area contributed by atoms with Crippen molar-refractivity contribution >= 4 is 17.4 Å². The van der Waals surface area contributed by atoms with Crippen molar-refractivity contribution < 1.29 is 4.79 Å². The molecule has 1 heterocycles. The number of amides is 1. The van der Waals surface area contributed by atoms with Crippen LogP contribution in [0.1, 0.15) is 35.8 Å². The number of nitrogens with zero attached hydrogens (tertiary/aromatic N) is 3. The smallest absolute Gasteiger partial charge is 0.272 e. The zero-order valence-corrected chi connectivity index (χ0v) is 12.9. The van der Waals surface area contributed by atoms with Crippen LogP contribution in [0.3, 0.4) is 0 Å². The molecule has 1 aliphatic rings. The first-order chi connectivity index (χ1) is 10.7. The first kappa shape index (κ1) is 14.5. The van der Waals surface area contributed by atoms with Crippen LogP contribution < -0.4 is 10.2 Å². The second kappa shape index (κ2) is 6.13. The third kappa shape index (κ3) is 3.24. The summed E-state index contributed by atoms with van der Waals surface area (Å²) in [5.41, 5.74) is 2.65. The quantitative estimate of drug-likeness (QED) is 0.921. The Morgan fingerprint density at radius 3 is 2.68 bits per heavy atom. The van der Waals surface area contributed by atoms with Gasteiger partial charge in [0.2, 0.25) is 0 Å². The van der Waals surface area contributed by atoms with Gasteiger partial charge >= 0.3 is 0 Å². The fourth-order valence-corrected chi connectivity index (χ4v) is 2.35. The minimum atomic E-state index is -0.139. The highest BCUT2D eigenvalue weighted by atomic mass is 16.2. The van der Waals surface area contributed by atoms with Crippen LogP contribution in [0.15, 0.2) is 36.4 Å². The normalized spacial score (nSPS) is 13.7. The molecule has 1 aliphatic carbocycles. The molecule has 1 N–H and O–H groups in total. The van der Waals surface area contributed by atoms with Crippen molar-refractivity contribution in [3.63, 3.8) is 0 Å². The highest BCUT2D eigenvalue weighted by Crippen LogP contribution is 2.24. The van der Waals surface area contributed by atoms with E-state index >= 15 is 0 Å². The topological polar surface area (TPSA) is 58.1 Å². The van der Waals surface area contributed by atoms with Crippen molar-refractivity contribution in [1.82, 2.24) is 15.5 Å². The Kier molecular flexibility index (Phi) is 4.04. The number of hydrogen-bond acceptors (Lipinski definition) is 4. The first-order valence-electron chi connectivity index (χ1n) is 7.66. The van der Waals surface area contributed by atoms with E-state index in [1.54, 1.807) is 6.07 Å². The number of nitrogens with one attached hydrogen (secondary N) is 1. The van der Waals surface area contributed by atoms with E-state index in [1.807, 2.05) is 18.2 Å². The van der Waals surface area contributed by atoms with Crippen molar-refractivity contribution in [3.05, 3.63) is 47.7 Å². The lowest BCUT2D eigenvalue weighted by Gasteiger charge is -2.22. The maximum Gasteiger partial charge on any atom is 0.272 e. The third-order valence-corrected chi connectivity index (χ3v) is 3.70. The molecule has 2 aromatic rings. The molecule has 0 spiro atoms. The molecular formula is C17H20N4O. The summed E-state index contributed by atoms with van der Waals surface area (Å²) in [5.74, 6) is 0.608. The van der Waals surface area contributed by atoms with Gasteiger partial charge < -0.3 is 10.2 Å². The Bertz CT molecular complexity index is 665. The van der Waals surface area contributed by atoms with Gasteiger partial charge in [0.25, 0.3) is 5.91 Å². The van der Waals surface area contributed by atoms with Gasteiger partial charge in [0.1, 0.15) is 0 Å². The van der Waals surface area contributed by atoms with E-state index in [4.69, 9.17) is 0 Å². The number of carbonyl (C=O) groups excluding carboxylic acids is 1. The average Bonchev–Trinajstić information content (AvgIpc) is 3.33. The molecule has 3 rings (SSSR count). The molecule has 22 heavy (non-hydrogen) atoms. The van der Waals surface area contributed by atoms with Crippen molar-refractivity contribution in [2.24, 2.45) is 0 Å². The van der Waals surface area contributed by atoms with Gasteiger partial charge in [-0.15, -0.1) is 10.2 Å². The van der Waals surface area contributed by atoms with Gasteiger partial charge in [0, 0.05) is 18.3 Å². The number of benzene rings is 1. The average molecular weight is 296 g/mol. The summed E-state index contributed by atoms with van der Waals surface area (Å²) in [6.07, 6.45) is 2.13. The first-order valence-corrected chi connectivity index (χ1v) is 7.66. The van der Waals surface area contributed by atoms with E-state index in [-0.39, 0.29) is 5.91 Å². The Morgan fingerprint density at radius 2 is 2.09 bits per heavy atom. The molecule has 5 nitrogen and oxygen atoms in total. The highest BCUT2D eigenvalue weighted by molar-refractivity contribution is 5.92. The number of aromatic nitrogens is 2. The standard InChI is InChI=1S/C17H20N4O/c1-3-21(14-6-4-5-12(2)11-14)16-10-9-15(19-20-16)17(22)18-13-7-8-13/h4-6,9-11,13H,3,7-8H2,1-2H3,(H,18,22). The number of hydrogen-bond donors (Lipinski definition) is 1. The number of anilines is 2. The summed E-state index contributed by atoms with van der Waals surface area (Å²) in [5, 5.41) is 11.2. The van der Waals surface area contributed by atoms with Crippen molar-refractivity contribution in [1.29, 1.82) is 0 Å². The minimum Gasteiger partial charge on any atom is -0.348 e. The fourth-order valence-electron chi connectivity index (χ4n) is 2.35. The number of rotatable bonds is 5. The van der Waals surface area contributed by atoms with Crippen LogP contribution >= 0.6 is 0 Å². The Labute approximate surface area is 130 Å². The van der Waals surface area contributed by atoms with Gasteiger partial charge in [-0.05, 0) is 56.5 Å². The van der Waals surface area contributed by atoms with E-state index < -0.39 is 0 Å². The summed E-state index contributed by atoms with van der Waals surface area (Å²) in [7, 11) is 0. The van der Waals surface area contributed by atoms with Gasteiger partial charge in [-0.1, -0.05) is 12.1 Å². The molecular weight excluding hydrogens is 276 g/mol. The zero-order valence-electron chi connectivity index (χ0n) is 12.9. The SMILES string of the molecule is CCN(c1cccc(C)c1)c1ccc(C(=O)NC2CC2)nn1. The largest absolute Gasteiger partial charge is 0.348 e. The highest BCUT2D eigenvalue weighted by Gasteiger charge is 2.24. The molecule has 5 heteroatoms. The van der Waals surface area contributed by atoms with Crippen LogP contribution in [0, 0.1) is 6.92 Å². The van der Waals surface area contributed by atoms with Gasteiger partial charge in [-0.2, -0.15) is 0 Å². The van der Waals surface area contributed by atoms with Gasteiger partial charge in [0.15, 0.2) is 11.5 Å². The molecule has 0 atom stereocenters.